The second-order valence-electron chi connectivity index (χ2n) is 14.3. The fourth-order valence-corrected chi connectivity index (χ4v) is 5.89. The van der Waals surface area contributed by atoms with E-state index in [0.29, 0.717) is 36.7 Å². The molecule has 0 saturated carbocycles. The second kappa shape index (κ2) is 14.2. The van der Waals surface area contributed by atoms with Gasteiger partial charge in [-0.05, 0) is 96.8 Å². The van der Waals surface area contributed by atoms with Gasteiger partial charge in [-0.2, -0.15) is 8.78 Å². The summed E-state index contributed by atoms with van der Waals surface area (Å²) in [6, 6.07) is 8.52. The number of hydrazine groups is 1. The number of rotatable bonds is 11. The molecule has 1 heterocycles. The highest BCUT2D eigenvalue weighted by Gasteiger charge is 2.50. The highest BCUT2D eigenvalue weighted by atomic mass is 19.3. The van der Waals surface area contributed by atoms with Crippen molar-refractivity contribution in [3.05, 3.63) is 63.7 Å². The molecule has 1 atom stereocenters. The summed E-state index contributed by atoms with van der Waals surface area (Å²) in [5, 5.41) is 1.42. The van der Waals surface area contributed by atoms with Gasteiger partial charge in [0.15, 0.2) is 0 Å². The number of nitrogens with zero attached hydrogens (tertiary/aromatic N) is 1. The number of amides is 2. The van der Waals surface area contributed by atoms with Gasteiger partial charge < -0.3 is 14.0 Å². The quantitative estimate of drug-likeness (QED) is 0.200. The van der Waals surface area contributed by atoms with Crippen molar-refractivity contribution in [1.29, 1.82) is 0 Å². The Bertz CT molecular complexity index is 1340. The Morgan fingerprint density at radius 2 is 1.58 bits per heavy atom. The van der Waals surface area contributed by atoms with Crippen molar-refractivity contribution in [2.75, 3.05) is 0 Å². The van der Waals surface area contributed by atoms with E-state index in [9.17, 15) is 18.4 Å². The Morgan fingerprint density at radius 3 is 2.09 bits per heavy atom. The van der Waals surface area contributed by atoms with Crippen molar-refractivity contribution >= 4 is 18.9 Å². The van der Waals surface area contributed by atoms with Gasteiger partial charge in [-0.15, -0.1) is 0 Å². The van der Waals surface area contributed by atoms with Gasteiger partial charge >= 0.3 is 13.7 Å². The summed E-state index contributed by atoms with van der Waals surface area (Å²) < 4.78 is 44.4. The fourth-order valence-electron chi connectivity index (χ4n) is 5.89. The molecule has 2 amide bonds. The summed E-state index contributed by atoms with van der Waals surface area (Å²) in [5.74, 6) is -0.928. The molecule has 0 radical (unpaired) electrons. The molecule has 0 unspecified atom stereocenters. The minimum Gasteiger partial charge on any atom is -0.434 e. The molecule has 10 heteroatoms. The molecule has 248 valence electrons. The third-order valence-corrected chi connectivity index (χ3v) is 8.91. The normalized spacial score (nSPS) is 16.5. The van der Waals surface area contributed by atoms with Crippen LogP contribution in [0.5, 0.6) is 5.75 Å². The van der Waals surface area contributed by atoms with Crippen LogP contribution in [-0.4, -0.2) is 47.8 Å². The number of halogens is 2. The SMILES string of the molecule is CCC[C@@H](N(NC(=O)c1ccc(CCCB2OC(C)(C)C(C)(C)O2)c(OC(F)F)c1C)C(=O)c1cc(C)cc(C)c1)C(C)(C)C. The molecule has 2 aromatic rings. The number of hydrogen-bond acceptors (Lipinski definition) is 5. The average molecular weight is 629 g/mol. The average Bonchev–Trinajstić information content (AvgIpc) is 3.11. The number of nitrogens with one attached hydrogen (secondary N) is 1. The van der Waals surface area contributed by atoms with Crippen LogP contribution in [-0.2, 0) is 15.7 Å². The highest BCUT2D eigenvalue weighted by molar-refractivity contribution is 6.45. The molecule has 45 heavy (non-hydrogen) atoms. The first-order valence-corrected chi connectivity index (χ1v) is 15.9. The third kappa shape index (κ3) is 8.85. The number of carbonyl (C=O) groups is 2. The summed E-state index contributed by atoms with van der Waals surface area (Å²) in [4.78, 5) is 27.9. The number of carbonyl (C=O) groups excluding carboxylic acids is 2. The van der Waals surface area contributed by atoms with Gasteiger partial charge in [0.1, 0.15) is 5.75 Å². The smallest absolute Gasteiger partial charge is 0.434 e. The van der Waals surface area contributed by atoms with Crippen LogP contribution in [0.1, 0.15) is 118 Å². The summed E-state index contributed by atoms with van der Waals surface area (Å²) in [6.45, 7) is 18.4. The molecule has 3 rings (SSSR count). The molecule has 1 fully saturated rings. The maximum Gasteiger partial charge on any atom is 0.457 e. The van der Waals surface area contributed by atoms with Crippen molar-refractivity contribution in [3.8, 4) is 5.75 Å². The standard InChI is InChI=1S/C35H51BF2N2O5/c1-12-14-28(33(5,6)7)40(31(42)26-20-22(2)19-23(3)21-26)39-30(41)27-17-16-25(29(24(27)4)43-32(37)38)15-13-18-36-44-34(8,9)35(10,11)45-36/h16-17,19-21,28,32H,12-15,18H2,1-11H3,(H,39,41)/t28-/m1/s1. The number of aryl methyl sites for hydroxylation is 3. The molecule has 1 N–H and O–H groups in total. The van der Waals surface area contributed by atoms with Crippen LogP contribution in [0.25, 0.3) is 0 Å². The zero-order chi connectivity index (χ0) is 33.9. The zero-order valence-electron chi connectivity index (χ0n) is 28.9. The van der Waals surface area contributed by atoms with Crippen molar-refractivity contribution in [2.24, 2.45) is 5.41 Å². The van der Waals surface area contributed by atoms with Crippen LogP contribution in [0.2, 0.25) is 6.32 Å². The van der Waals surface area contributed by atoms with Crippen molar-refractivity contribution in [3.63, 3.8) is 0 Å². The lowest BCUT2D eigenvalue weighted by Gasteiger charge is -2.40. The van der Waals surface area contributed by atoms with Gasteiger partial charge in [-0.3, -0.25) is 15.0 Å². The van der Waals surface area contributed by atoms with Crippen LogP contribution in [0.15, 0.2) is 30.3 Å². The van der Waals surface area contributed by atoms with Gasteiger partial charge in [0.05, 0.1) is 17.2 Å². The molecular weight excluding hydrogens is 577 g/mol. The Kier molecular flexibility index (Phi) is 11.5. The topological polar surface area (TPSA) is 77.1 Å². The largest absolute Gasteiger partial charge is 0.457 e. The molecule has 0 aliphatic carbocycles. The van der Waals surface area contributed by atoms with E-state index in [1.165, 1.54) is 5.01 Å². The van der Waals surface area contributed by atoms with E-state index in [1.54, 1.807) is 31.2 Å². The summed E-state index contributed by atoms with van der Waals surface area (Å²) in [5.41, 5.74) is 4.93. The number of benzene rings is 2. The number of alkyl halides is 2. The van der Waals surface area contributed by atoms with Crippen LogP contribution in [0.3, 0.4) is 0 Å². The molecule has 0 spiro atoms. The van der Waals surface area contributed by atoms with Gasteiger partial charge in [0.25, 0.3) is 11.8 Å². The first-order valence-electron chi connectivity index (χ1n) is 15.9. The first-order chi connectivity index (χ1) is 20.8. The monoisotopic (exact) mass is 628 g/mol. The van der Waals surface area contributed by atoms with Gasteiger partial charge in [0, 0.05) is 16.7 Å². The predicted molar refractivity (Wildman–Crippen MR) is 175 cm³/mol. The summed E-state index contributed by atoms with van der Waals surface area (Å²) >= 11 is 0. The van der Waals surface area contributed by atoms with Gasteiger partial charge in [0.2, 0.25) is 0 Å². The summed E-state index contributed by atoms with van der Waals surface area (Å²) in [7, 11) is -0.403. The molecule has 1 aliphatic heterocycles. The minimum absolute atomic E-state index is 0.0281. The van der Waals surface area contributed by atoms with Crippen LogP contribution in [0.4, 0.5) is 8.78 Å². The zero-order valence-corrected chi connectivity index (χ0v) is 28.9. The van der Waals surface area contributed by atoms with E-state index in [0.717, 1.165) is 17.5 Å². The maximum atomic E-state index is 14.0. The fraction of sp³-hybridized carbons (Fsp3) is 0.600. The van der Waals surface area contributed by atoms with Gasteiger partial charge in [-0.25, -0.2) is 5.01 Å². The predicted octanol–water partition coefficient (Wildman–Crippen LogP) is 8.24. The third-order valence-electron chi connectivity index (χ3n) is 8.91. The lowest BCUT2D eigenvalue weighted by molar-refractivity contribution is -0.0509. The maximum absolute atomic E-state index is 14.0. The highest BCUT2D eigenvalue weighted by Crippen LogP contribution is 2.38. The van der Waals surface area contributed by atoms with Gasteiger partial charge in [-0.1, -0.05) is 63.8 Å². The lowest BCUT2D eigenvalue weighted by atomic mass is 9.81. The molecular formula is C35H51BF2N2O5. The molecule has 0 bridgehead atoms. The minimum atomic E-state index is -3.07. The van der Waals surface area contributed by atoms with E-state index < -0.39 is 30.8 Å². The van der Waals surface area contributed by atoms with E-state index in [4.69, 9.17) is 14.0 Å². The molecule has 0 aromatic heterocycles. The molecule has 2 aromatic carbocycles. The van der Waals surface area contributed by atoms with E-state index in [1.807, 2.05) is 75.3 Å². The van der Waals surface area contributed by atoms with Crippen LogP contribution < -0.4 is 10.2 Å². The Balaban J connectivity index is 1.91. The number of ether oxygens (including phenoxy) is 1. The van der Waals surface area contributed by atoms with Crippen molar-refractivity contribution < 1.29 is 32.4 Å². The van der Waals surface area contributed by atoms with E-state index in [-0.39, 0.29) is 34.2 Å². The lowest BCUT2D eigenvalue weighted by Crippen LogP contribution is -2.56. The number of hydrogen-bond donors (Lipinski definition) is 1. The molecule has 7 nitrogen and oxygen atoms in total. The van der Waals surface area contributed by atoms with Crippen LogP contribution in [0, 0.1) is 26.2 Å². The molecule has 1 aliphatic rings. The Labute approximate surface area is 268 Å². The van der Waals surface area contributed by atoms with E-state index in [2.05, 4.69) is 5.43 Å². The Hall–Kier alpha value is -2.98. The van der Waals surface area contributed by atoms with Crippen LogP contribution >= 0.6 is 0 Å². The summed E-state index contributed by atoms with van der Waals surface area (Å²) in [6.07, 6.45) is 3.04. The Morgan fingerprint density at radius 1 is 1.00 bits per heavy atom. The first kappa shape index (κ1) is 36.5. The molecule has 1 saturated heterocycles. The van der Waals surface area contributed by atoms with Crippen molar-refractivity contribution in [2.45, 2.75) is 132 Å². The van der Waals surface area contributed by atoms with Crippen molar-refractivity contribution in [1.82, 2.24) is 10.4 Å². The second-order valence-corrected chi connectivity index (χ2v) is 14.3. The van der Waals surface area contributed by atoms with E-state index >= 15 is 0 Å².